The highest BCUT2D eigenvalue weighted by atomic mass is 16.5. The number of rotatable bonds is 9. The van der Waals surface area contributed by atoms with Gasteiger partial charge in [0.2, 0.25) is 5.78 Å². The van der Waals surface area contributed by atoms with Gasteiger partial charge < -0.3 is 14.5 Å². The predicted molar refractivity (Wildman–Crippen MR) is 108 cm³/mol. The van der Waals surface area contributed by atoms with E-state index in [1.54, 1.807) is 19.1 Å². The number of Topliss-reactive ketones (excluding diaryl/α,β-unsaturated/α-hetero) is 1. The summed E-state index contributed by atoms with van der Waals surface area (Å²) in [5.41, 5.74) is 1.23. The molecule has 0 bridgehead atoms. The van der Waals surface area contributed by atoms with Gasteiger partial charge in [0.05, 0.1) is 7.11 Å². The number of likely N-dealkylation sites (tertiary alicyclic amines) is 1. The van der Waals surface area contributed by atoms with Crippen LogP contribution in [0.1, 0.15) is 38.7 Å². The molecule has 0 radical (unpaired) electrons. The van der Waals surface area contributed by atoms with Gasteiger partial charge in [-0.15, -0.1) is 0 Å². The first-order valence-electron chi connectivity index (χ1n) is 10.0. The van der Waals surface area contributed by atoms with E-state index in [1.807, 2.05) is 32.0 Å². The quantitative estimate of drug-likeness (QED) is 0.624. The number of benzene rings is 1. The molecule has 27 heavy (non-hydrogen) atoms. The summed E-state index contributed by atoms with van der Waals surface area (Å²) >= 11 is 0. The zero-order chi connectivity index (χ0) is 19.8. The van der Waals surface area contributed by atoms with Crippen LogP contribution < -0.4 is 4.74 Å². The Bertz CT molecular complexity index is 630. The number of ketones is 1. The minimum absolute atomic E-state index is 0.218. The van der Waals surface area contributed by atoms with Gasteiger partial charge in [-0.05, 0) is 49.3 Å². The molecular formula is C22H34N2O3. The fourth-order valence-corrected chi connectivity index (χ4v) is 3.83. The van der Waals surface area contributed by atoms with Crippen molar-refractivity contribution < 1.29 is 14.3 Å². The van der Waals surface area contributed by atoms with Crippen molar-refractivity contribution in [1.29, 1.82) is 0 Å². The lowest BCUT2D eigenvalue weighted by Crippen LogP contribution is -2.43. The molecule has 1 unspecified atom stereocenters. The smallest absolute Gasteiger partial charge is 0.289 e. The molecule has 0 aliphatic carbocycles. The lowest BCUT2D eigenvalue weighted by Gasteiger charge is -2.34. The van der Waals surface area contributed by atoms with Gasteiger partial charge >= 0.3 is 0 Å². The Morgan fingerprint density at radius 3 is 2.74 bits per heavy atom. The maximum Gasteiger partial charge on any atom is 0.289 e. The molecule has 0 spiro atoms. The van der Waals surface area contributed by atoms with Crippen molar-refractivity contribution in [2.45, 2.75) is 39.5 Å². The summed E-state index contributed by atoms with van der Waals surface area (Å²) in [5, 5.41) is 0. The van der Waals surface area contributed by atoms with E-state index in [1.165, 1.54) is 5.56 Å². The number of hydrogen-bond donors (Lipinski definition) is 0. The van der Waals surface area contributed by atoms with Gasteiger partial charge in [-0.3, -0.25) is 9.59 Å². The molecule has 5 nitrogen and oxygen atoms in total. The Balaban J connectivity index is 1.83. The van der Waals surface area contributed by atoms with Crippen LogP contribution in [0.5, 0.6) is 5.75 Å². The van der Waals surface area contributed by atoms with Crippen LogP contribution in [0.4, 0.5) is 0 Å². The van der Waals surface area contributed by atoms with Gasteiger partial charge in [-0.2, -0.15) is 0 Å². The third-order valence-electron chi connectivity index (χ3n) is 5.20. The standard InChI is InChI=1S/C22H34N2O3/c1-17(2)14-20(25)22(26)23(3)15-18-8-7-12-24(16-18)13-11-19-9-5-6-10-21(19)27-4/h5-6,9-10,17-18H,7-8,11-16H2,1-4H3. The molecule has 2 rings (SSSR count). The molecule has 1 heterocycles. The molecule has 1 aliphatic heterocycles. The average Bonchev–Trinajstić information content (AvgIpc) is 2.65. The van der Waals surface area contributed by atoms with Crippen molar-refractivity contribution >= 4 is 11.7 Å². The van der Waals surface area contributed by atoms with E-state index >= 15 is 0 Å². The zero-order valence-electron chi connectivity index (χ0n) is 17.2. The molecule has 1 fully saturated rings. The number of ether oxygens (including phenoxy) is 1. The molecule has 0 N–H and O–H groups in total. The van der Waals surface area contributed by atoms with Crippen LogP contribution in [0.25, 0.3) is 0 Å². The largest absolute Gasteiger partial charge is 0.496 e. The minimum Gasteiger partial charge on any atom is -0.496 e. The number of carbonyl (C=O) groups is 2. The van der Waals surface area contributed by atoms with Crippen molar-refractivity contribution in [3.05, 3.63) is 29.8 Å². The summed E-state index contributed by atoms with van der Waals surface area (Å²) in [7, 11) is 3.47. The Morgan fingerprint density at radius 2 is 2.04 bits per heavy atom. The van der Waals surface area contributed by atoms with Gasteiger partial charge in [-0.25, -0.2) is 0 Å². The molecule has 5 heteroatoms. The van der Waals surface area contributed by atoms with E-state index < -0.39 is 0 Å². The SMILES string of the molecule is COc1ccccc1CCN1CCCC(CN(C)C(=O)C(=O)CC(C)C)C1. The second kappa shape index (κ2) is 10.5. The summed E-state index contributed by atoms with van der Waals surface area (Å²) in [5.74, 6) is 0.985. The van der Waals surface area contributed by atoms with E-state index in [4.69, 9.17) is 4.74 Å². The van der Waals surface area contributed by atoms with Crippen LogP contribution in [0, 0.1) is 11.8 Å². The van der Waals surface area contributed by atoms with E-state index in [0.29, 0.717) is 18.9 Å². The number of hydrogen-bond acceptors (Lipinski definition) is 4. The summed E-state index contributed by atoms with van der Waals surface area (Å²) < 4.78 is 5.44. The first-order valence-corrected chi connectivity index (χ1v) is 10.0. The predicted octanol–water partition coefficient (Wildman–Crippen LogP) is 3.02. The van der Waals surface area contributed by atoms with E-state index in [0.717, 1.165) is 44.6 Å². The third kappa shape index (κ3) is 6.65. The highest BCUT2D eigenvalue weighted by molar-refractivity contribution is 6.36. The van der Waals surface area contributed by atoms with Crippen molar-refractivity contribution in [1.82, 2.24) is 9.80 Å². The molecule has 150 valence electrons. The second-order valence-corrected chi connectivity index (χ2v) is 8.08. The number of carbonyl (C=O) groups excluding carboxylic acids is 2. The lowest BCUT2D eigenvalue weighted by molar-refractivity contribution is -0.144. The van der Waals surface area contributed by atoms with Crippen molar-refractivity contribution in [3.8, 4) is 5.75 Å². The fourth-order valence-electron chi connectivity index (χ4n) is 3.83. The molecule has 1 aromatic rings. The van der Waals surface area contributed by atoms with Crippen LogP contribution in [0.2, 0.25) is 0 Å². The monoisotopic (exact) mass is 374 g/mol. The number of nitrogens with zero attached hydrogens (tertiary/aromatic N) is 2. The molecule has 1 amide bonds. The normalized spacial score (nSPS) is 17.7. The maximum atomic E-state index is 12.3. The molecule has 1 atom stereocenters. The lowest BCUT2D eigenvalue weighted by atomic mass is 9.96. The van der Waals surface area contributed by atoms with E-state index in [9.17, 15) is 9.59 Å². The van der Waals surface area contributed by atoms with Crippen LogP contribution in [-0.2, 0) is 16.0 Å². The maximum absolute atomic E-state index is 12.3. The van der Waals surface area contributed by atoms with Gasteiger partial charge in [0.25, 0.3) is 5.91 Å². The highest BCUT2D eigenvalue weighted by Gasteiger charge is 2.25. The molecule has 0 aromatic heterocycles. The number of likely N-dealkylation sites (N-methyl/N-ethyl adjacent to an activating group) is 1. The van der Waals surface area contributed by atoms with Gasteiger partial charge in [0, 0.05) is 33.1 Å². The van der Waals surface area contributed by atoms with Crippen molar-refractivity contribution in [3.63, 3.8) is 0 Å². The van der Waals surface area contributed by atoms with Crippen molar-refractivity contribution in [2.24, 2.45) is 11.8 Å². The van der Waals surface area contributed by atoms with E-state index in [-0.39, 0.29) is 17.6 Å². The Labute approximate surface area is 163 Å². The molecule has 1 saturated heterocycles. The summed E-state index contributed by atoms with van der Waals surface area (Å²) in [6.07, 6.45) is 3.54. The summed E-state index contributed by atoms with van der Waals surface area (Å²) in [6, 6.07) is 8.16. The Hall–Kier alpha value is -1.88. The Kier molecular flexibility index (Phi) is 8.29. The number of para-hydroxylation sites is 1. The molecule has 1 aliphatic rings. The molecular weight excluding hydrogens is 340 g/mol. The molecule has 1 aromatic carbocycles. The van der Waals surface area contributed by atoms with Crippen molar-refractivity contribution in [2.75, 3.05) is 40.3 Å². The fraction of sp³-hybridized carbons (Fsp3) is 0.636. The summed E-state index contributed by atoms with van der Waals surface area (Å²) in [6.45, 7) is 7.65. The molecule has 0 saturated carbocycles. The number of methoxy groups -OCH3 is 1. The topological polar surface area (TPSA) is 49.9 Å². The second-order valence-electron chi connectivity index (χ2n) is 8.08. The first kappa shape index (κ1) is 21.4. The van der Waals surface area contributed by atoms with Gasteiger partial charge in [0.1, 0.15) is 5.75 Å². The zero-order valence-corrected chi connectivity index (χ0v) is 17.2. The first-order chi connectivity index (χ1) is 12.9. The van der Waals surface area contributed by atoms with Crippen LogP contribution in [0.15, 0.2) is 24.3 Å². The Morgan fingerprint density at radius 1 is 1.30 bits per heavy atom. The average molecular weight is 375 g/mol. The van der Waals surface area contributed by atoms with Crippen LogP contribution in [-0.4, -0.2) is 61.8 Å². The number of piperidine rings is 1. The minimum atomic E-state index is -0.338. The number of amides is 1. The van der Waals surface area contributed by atoms with Gasteiger partial charge in [0.15, 0.2) is 0 Å². The van der Waals surface area contributed by atoms with E-state index in [2.05, 4.69) is 11.0 Å². The van der Waals surface area contributed by atoms with Crippen LogP contribution >= 0.6 is 0 Å². The third-order valence-corrected chi connectivity index (χ3v) is 5.20. The summed E-state index contributed by atoms with van der Waals surface area (Å²) in [4.78, 5) is 28.4. The van der Waals surface area contributed by atoms with Crippen LogP contribution in [0.3, 0.4) is 0 Å². The highest BCUT2D eigenvalue weighted by Crippen LogP contribution is 2.21. The van der Waals surface area contributed by atoms with Gasteiger partial charge in [-0.1, -0.05) is 32.0 Å².